The third-order valence-electron chi connectivity index (χ3n) is 3.29. The van der Waals surface area contributed by atoms with Crippen LogP contribution in [-0.2, 0) is 23.5 Å². The number of ether oxygens (including phenoxy) is 1. The van der Waals surface area contributed by atoms with E-state index < -0.39 is 11.2 Å². The number of hydrogen-bond donors (Lipinski definition) is 0. The third kappa shape index (κ3) is 6.07. The summed E-state index contributed by atoms with van der Waals surface area (Å²) in [6, 6.07) is 7.89. The summed E-state index contributed by atoms with van der Waals surface area (Å²) < 4.78 is 19.4. The van der Waals surface area contributed by atoms with E-state index in [4.69, 9.17) is 4.74 Å². The lowest BCUT2D eigenvalue weighted by molar-refractivity contribution is 0.306. The summed E-state index contributed by atoms with van der Waals surface area (Å²) in [6.07, 6.45) is 6.89. The molecule has 120 valence electrons. The van der Waals surface area contributed by atoms with Crippen molar-refractivity contribution in [1.82, 2.24) is 15.0 Å². The minimum absolute atomic E-state index is 0.560. The second-order valence-corrected chi connectivity index (χ2v) is 6.73. The fraction of sp³-hybridized carbons (Fsp3) is 0.500. The molecule has 5 nitrogen and oxygen atoms in total. The highest BCUT2D eigenvalue weighted by molar-refractivity contribution is 7.90. The van der Waals surface area contributed by atoms with Crippen molar-refractivity contribution >= 4 is 11.2 Å². The summed E-state index contributed by atoms with van der Waals surface area (Å²) in [5.74, 6) is 2.02. The van der Waals surface area contributed by atoms with Crippen LogP contribution in [-0.4, -0.2) is 31.9 Å². The Kier molecular flexibility index (Phi) is 7.25. The van der Waals surface area contributed by atoms with Gasteiger partial charge in [0.2, 0.25) is 0 Å². The zero-order valence-corrected chi connectivity index (χ0v) is 13.8. The molecule has 0 radical (unpaired) electrons. The van der Waals surface area contributed by atoms with Gasteiger partial charge in [0, 0.05) is 11.8 Å². The standard InChI is InChI=1S/C16H23N3O2S/c1-2-3-4-12-21-16-7-5-15(6-8-16)14-22(20)13-11-19-10-9-17-18-19/h5-10H,2-4,11-14H2,1H3. The molecule has 0 N–H and O–H groups in total. The van der Waals surface area contributed by atoms with Gasteiger partial charge in [0.1, 0.15) is 17.3 Å². The lowest BCUT2D eigenvalue weighted by Gasteiger charge is -2.11. The SMILES string of the molecule is CCCCCOc1ccc(C[S+]([O-])CCn2ccnn2)cc1. The molecule has 0 saturated heterocycles. The van der Waals surface area contributed by atoms with Crippen LogP contribution in [0.2, 0.25) is 0 Å². The molecule has 0 bridgehead atoms. The van der Waals surface area contributed by atoms with Crippen LogP contribution in [0.3, 0.4) is 0 Å². The van der Waals surface area contributed by atoms with Crippen LogP contribution in [0.15, 0.2) is 36.7 Å². The van der Waals surface area contributed by atoms with Crippen molar-refractivity contribution in [2.45, 2.75) is 38.5 Å². The second-order valence-electron chi connectivity index (χ2n) is 5.15. The molecule has 1 aromatic carbocycles. The monoisotopic (exact) mass is 321 g/mol. The quantitative estimate of drug-likeness (QED) is 0.498. The Morgan fingerprint density at radius 3 is 2.73 bits per heavy atom. The first-order valence-corrected chi connectivity index (χ1v) is 9.17. The highest BCUT2D eigenvalue weighted by Crippen LogP contribution is 2.15. The number of hydrogen-bond acceptors (Lipinski definition) is 4. The summed E-state index contributed by atoms with van der Waals surface area (Å²) >= 11 is -0.900. The van der Waals surface area contributed by atoms with E-state index in [-0.39, 0.29) is 0 Å². The number of rotatable bonds is 10. The summed E-state index contributed by atoms with van der Waals surface area (Å²) in [7, 11) is 0. The van der Waals surface area contributed by atoms with Crippen molar-refractivity contribution in [3.8, 4) is 5.75 Å². The van der Waals surface area contributed by atoms with Gasteiger partial charge < -0.3 is 9.29 Å². The van der Waals surface area contributed by atoms with E-state index in [1.807, 2.05) is 24.3 Å². The Hall–Kier alpha value is -1.53. The third-order valence-corrected chi connectivity index (χ3v) is 4.58. The molecule has 6 heteroatoms. The number of aromatic nitrogens is 3. The van der Waals surface area contributed by atoms with Crippen LogP contribution in [0, 0.1) is 0 Å². The van der Waals surface area contributed by atoms with Gasteiger partial charge in [-0.25, -0.2) is 4.68 Å². The molecule has 0 spiro atoms. The minimum atomic E-state index is -0.900. The molecular formula is C16H23N3O2S. The summed E-state index contributed by atoms with van der Waals surface area (Å²) in [5.41, 5.74) is 1.07. The number of nitrogens with zero attached hydrogens (tertiary/aromatic N) is 3. The highest BCUT2D eigenvalue weighted by Gasteiger charge is 2.08. The minimum Gasteiger partial charge on any atom is -0.616 e. The fourth-order valence-electron chi connectivity index (χ4n) is 2.03. The first-order chi connectivity index (χ1) is 10.8. The molecule has 0 fully saturated rings. The topological polar surface area (TPSA) is 63.0 Å². The van der Waals surface area contributed by atoms with Gasteiger partial charge in [-0.15, -0.1) is 5.10 Å². The van der Waals surface area contributed by atoms with Gasteiger partial charge >= 0.3 is 0 Å². The molecule has 22 heavy (non-hydrogen) atoms. The predicted molar refractivity (Wildman–Crippen MR) is 88.2 cm³/mol. The van der Waals surface area contributed by atoms with E-state index in [9.17, 15) is 4.55 Å². The van der Waals surface area contributed by atoms with Gasteiger partial charge in [-0.3, -0.25) is 0 Å². The lowest BCUT2D eigenvalue weighted by atomic mass is 10.2. The molecule has 1 unspecified atom stereocenters. The molecule has 1 heterocycles. The Morgan fingerprint density at radius 2 is 2.05 bits per heavy atom. The van der Waals surface area contributed by atoms with Crippen LogP contribution in [0.4, 0.5) is 0 Å². The van der Waals surface area contributed by atoms with Gasteiger partial charge in [0.05, 0.1) is 19.3 Å². The van der Waals surface area contributed by atoms with Crippen molar-refractivity contribution in [1.29, 1.82) is 0 Å². The Bertz CT molecular complexity index is 517. The van der Waals surface area contributed by atoms with Crippen molar-refractivity contribution in [3.63, 3.8) is 0 Å². The van der Waals surface area contributed by atoms with E-state index in [0.29, 0.717) is 18.1 Å². The van der Waals surface area contributed by atoms with Gasteiger partial charge in [0.25, 0.3) is 0 Å². The Labute approximate surface area is 134 Å². The average molecular weight is 321 g/mol. The summed E-state index contributed by atoms with van der Waals surface area (Å²) in [6.45, 7) is 3.57. The number of benzene rings is 1. The molecule has 0 saturated carbocycles. The molecule has 1 aromatic heterocycles. The highest BCUT2D eigenvalue weighted by atomic mass is 32.2. The van der Waals surface area contributed by atoms with Gasteiger partial charge in [-0.1, -0.05) is 37.1 Å². The van der Waals surface area contributed by atoms with Crippen molar-refractivity contribution in [2.75, 3.05) is 12.4 Å². The van der Waals surface area contributed by atoms with E-state index in [2.05, 4.69) is 17.2 Å². The zero-order chi connectivity index (χ0) is 15.6. The van der Waals surface area contributed by atoms with E-state index in [1.54, 1.807) is 17.1 Å². The molecule has 2 rings (SSSR count). The van der Waals surface area contributed by atoms with Gasteiger partial charge in [-0.05, 0) is 29.7 Å². The largest absolute Gasteiger partial charge is 0.616 e. The Morgan fingerprint density at radius 1 is 1.23 bits per heavy atom. The maximum Gasteiger partial charge on any atom is 0.130 e. The van der Waals surface area contributed by atoms with Crippen LogP contribution >= 0.6 is 0 Å². The smallest absolute Gasteiger partial charge is 0.130 e. The van der Waals surface area contributed by atoms with Gasteiger partial charge in [-0.2, -0.15) is 0 Å². The van der Waals surface area contributed by atoms with Gasteiger partial charge in [0.15, 0.2) is 0 Å². The van der Waals surface area contributed by atoms with Crippen LogP contribution in [0.5, 0.6) is 5.75 Å². The van der Waals surface area contributed by atoms with Crippen LogP contribution < -0.4 is 4.74 Å². The molecule has 0 aliphatic heterocycles. The Balaban J connectivity index is 1.70. The van der Waals surface area contributed by atoms with Crippen LogP contribution in [0.25, 0.3) is 0 Å². The summed E-state index contributed by atoms with van der Waals surface area (Å²) in [4.78, 5) is 0. The second kappa shape index (κ2) is 9.48. The molecular weight excluding hydrogens is 298 g/mol. The van der Waals surface area contributed by atoms with E-state index in [0.717, 1.165) is 24.3 Å². The van der Waals surface area contributed by atoms with Crippen molar-refractivity contribution < 1.29 is 9.29 Å². The predicted octanol–water partition coefficient (Wildman–Crippen LogP) is 2.80. The first-order valence-electron chi connectivity index (χ1n) is 7.68. The maximum absolute atomic E-state index is 12.1. The van der Waals surface area contributed by atoms with E-state index >= 15 is 0 Å². The van der Waals surface area contributed by atoms with Crippen molar-refractivity contribution in [3.05, 3.63) is 42.2 Å². The normalized spacial score (nSPS) is 12.3. The summed E-state index contributed by atoms with van der Waals surface area (Å²) in [5, 5.41) is 7.59. The van der Waals surface area contributed by atoms with E-state index in [1.165, 1.54) is 12.8 Å². The molecule has 0 aliphatic rings. The average Bonchev–Trinajstić information content (AvgIpc) is 3.05. The molecule has 0 amide bonds. The number of unbranched alkanes of at least 4 members (excludes halogenated alkanes) is 2. The first kappa shape index (κ1) is 16.8. The fourth-order valence-corrected chi connectivity index (χ4v) is 3.13. The molecule has 1 atom stereocenters. The van der Waals surface area contributed by atoms with Crippen LogP contribution in [0.1, 0.15) is 31.7 Å². The lowest BCUT2D eigenvalue weighted by Crippen LogP contribution is -2.15. The molecule has 2 aromatic rings. The number of aryl methyl sites for hydroxylation is 1. The molecule has 0 aliphatic carbocycles. The maximum atomic E-state index is 12.1. The van der Waals surface area contributed by atoms with Crippen molar-refractivity contribution in [2.24, 2.45) is 0 Å². The zero-order valence-electron chi connectivity index (χ0n) is 13.0.